The molecule has 0 radical (unpaired) electrons. The molecule has 0 spiro atoms. The van der Waals surface area contributed by atoms with E-state index in [-0.39, 0.29) is 0 Å². The lowest BCUT2D eigenvalue weighted by molar-refractivity contribution is 1.06. The van der Waals surface area contributed by atoms with Crippen LogP contribution in [-0.4, -0.2) is 30.2 Å². The monoisotopic (exact) mass is 1330 g/mol. The second kappa shape index (κ2) is 23.3. The maximum Gasteiger partial charge on any atom is 0.147 e. The first-order valence-corrected chi connectivity index (χ1v) is 35.9. The number of fused-ring (bicyclic) bond motifs is 8. The Balaban J connectivity index is 1.04. The van der Waals surface area contributed by atoms with Crippen LogP contribution in [0, 0.1) is 55.4 Å². The van der Waals surface area contributed by atoms with E-state index in [2.05, 4.69) is 341 Å². The number of benzene rings is 8. The zero-order chi connectivity index (χ0) is 69.9. The number of aromatic nitrogens is 4. The molecule has 12 bridgehead atoms. The lowest BCUT2D eigenvalue weighted by Gasteiger charge is -2.19. The first-order chi connectivity index (χ1) is 50.8. The molecular formula is C96H70N8. The molecule has 494 valence electrons. The van der Waals surface area contributed by atoms with E-state index in [1.807, 2.05) is 0 Å². The van der Waals surface area contributed by atoms with Gasteiger partial charge in [-0.25, -0.2) is 20.0 Å². The van der Waals surface area contributed by atoms with Gasteiger partial charge in [-0.15, -0.1) is 0 Å². The molecule has 0 saturated carbocycles. The highest BCUT2D eigenvalue weighted by Gasteiger charge is 2.41. The lowest BCUT2D eigenvalue weighted by Crippen LogP contribution is -2.20. The van der Waals surface area contributed by atoms with Gasteiger partial charge in [0.25, 0.3) is 0 Å². The highest BCUT2D eigenvalue weighted by Crippen LogP contribution is 2.53. The number of H-pyrrole nitrogens is 2. The first kappa shape index (κ1) is 60.9. The van der Waals surface area contributed by atoms with Crippen molar-refractivity contribution in [1.29, 1.82) is 0 Å². The minimum Gasteiger partial charge on any atom is -0.354 e. The van der Waals surface area contributed by atoms with Crippen LogP contribution in [-0.2, 0) is 0 Å². The predicted octanol–water partition coefficient (Wildman–Crippen LogP) is 17.2. The van der Waals surface area contributed by atoms with E-state index < -0.39 is 0 Å². The standard InChI is InChI=1S/C96H70N8/c1-53-9-25-61(26-10-53)81-69-41-45-73(97-69)83(63-29-13-55(3)14-30-63)77-49-51-79-87(67-37-21-59(7)22-38-67)91-89(93(101-95(91)103(77)79)85(75-47-43-71(81)99-75)65-33-17-57(5)18-34-65)90-92-88(68-39-23-60(8)24-40-68)80-52-50-78-84(64-31-15-56(4)16-32-64)74-46-42-70(98-74)82(62-27-11-54(2)12-28-62)72-44-48-76(100-72)86(66-35-19-58(6)20-36-66)94(90)102-96(92)104(78)80/h9-52,99-100H,1-8H3. The minimum absolute atomic E-state index is 0.819. The molecule has 8 nitrogen and oxygen atoms in total. The van der Waals surface area contributed by atoms with Crippen molar-refractivity contribution < 1.29 is 0 Å². The van der Waals surface area contributed by atoms with E-state index in [0.717, 1.165) is 211 Å². The SMILES string of the molecule is Cc1ccc(C2=C3C=CC(=N3)C(c3ccc(C)cc3)=c3ccc([nH]3)=C(c3ccc(C)cc3)C3=C(C4=C5N=c6c4c(-c4ccc(C)cc4)c4ccc(n64)C(c4ccc(C)cc4)=C4C=CC(=N4)C(c4ccc(C)cc4)=c4ccc([nH]4)=C5c4ccc(C)cc4)c4c(-c5ccc(C)cc5)c5ccc2n5c4=N3)cc1. The van der Waals surface area contributed by atoms with Crippen molar-refractivity contribution in [3.05, 3.63) is 423 Å². The van der Waals surface area contributed by atoms with Crippen LogP contribution in [0.2, 0.25) is 0 Å². The van der Waals surface area contributed by atoms with Gasteiger partial charge in [0.15, 0.2) is 0 Å². The molecule has 0 unspecified atom stereocenters. The normalized spacial score (nSPS) is 15.1. The second-order valence-electron chi connectivity index (χ2n) is 28.9. The fourth-order valence-corrected chi connectivity index (χ4v) is 16.5. The molecular weight excluding hydrogens is 1270 g/mol. The van der Waals surface area contributed by atoms with Crippen molar-refractivity contribution in [1.82, 2.24) is 18.8 Å². The smallest absolute Gasteiger partial charge is 0.147 e. The van der Waals surface area contributed by atoms with Crippen LogP contribution in [0.15, 0.2) is 310 Å². The largest absolute Gasteiger partial charge is 0.354 e. The fraction of sp³-hybridized carbons (Fsp3) is 0.0833. The second-order valence-corrected chi connectivity index (χ2v) is 28.9. The first-order valence-electron chi connectivity index (χ1n) is 35.9. The molecule has 8 aromatic carbocycles. The minimum atomic E-state index is 0.819. The van der Waals surface area contributed by atoms with E-state index in [0.29, 0.717) is 0 Å². The quantitative estimate of drug-likeness (QED) is 0.144. The summed E-state index contributed by atoms with van der Waals surface area (Å²) in [6.45, 7) is 17.3. The highest BCUT2D eigenvalue weighted by atomic mass is 15.0. The van der Waals surface area contributed by atoms with E-state index in [9.17, 15) is 0 Å². The van der Waals surface area contributed by atoms with Gasteiger partial charge in [0.2, 0.25) is 0 Å². The van der Waals surface area contributed by atoms with Crippen molar-refractivity contribution in [2.75, 3.05) is 0 Å². The van der Waals surface area contributed by atoms with Gasteiger partial charge in [-0.1, -0.05) is 239 Å². The van der Waals surface area contributed by atoms with Crippen LogP contribution >= 0.6 is 0 Å². The van der Waals surface area contributed by atoms with Gasteiger partial charge in [-0.2, -0.15) is 0 Å². The zero-order valence-corrected chi connectivity index (χ0v) is 59.1. The lowest BCUT2D eigenvalue weighted by atomic mass is 9.83. The van der Waals surface area contributed by atoms with E-state index in [4.69, 9.17) is 20.0 Å². The summed E-state index contributed by atoms with van der Waals surface area (Å²) in [5.74, 6) is 0. The molecule has 20 rings (SSSR count). The van der Waals surface area contributed by atoms with Gasteiger partial charge in [0, 0.05) is 88.2 Å². The number of nitrogens with zero attached hydrogens (tertiary/aromatic N) is 6. The Bertz CT molecular complexity index is 6360. The summed E-state index contributed by atoms with van der Waals surface area (Å²) < 4.78 is 4.91. The molecule has 12 heterocycles. The third kappa shape index (κ3) is 9.51. The fourth-order valence-electron chi connectivity index (χ4n) is 16.5. The average Bonchev–Trinajstić information content (AvgIpc) is 1.51. The number of hydrogen-bond acceptors (Lipinski definition) is 4. The van der Waals surface area contributed by atoms with Gasteiger partial charge in [-0.05, 0) is 173 Å². The molecule has 0 fully saturated rings. The van der Waals surface area contributed by atoms with Crippen LogP contribution in [0.5, 0.6) is 0 Å². The van der Waals surface area contributed by atoms with Crippen LogP contribution in [0.4, 0.5) is 0 Å². The summed E-state index contributed by atoms with van der Waals surface area (Å²) >= 11 is 0. The Labute approximate surface area is 602 Å². The average molecular weight is 1340 g/mol. The van der Waals surface area contributed by atoms with Gasteiger partial charge < -0.3 is 9.97 Å². The van der Waals surface area contributed by atoms with Crippen molar-refractivity contribution in [2.45, 2.75) is 55.4 Å². The van der Waals surface area contributed by atoms with Crippen molar-refractivity contribution in [3.63, 3.8) is 0 Å². The topological polar surface area (TPSA) is 89.8 Å². The summed E-state index contributed by atoms with van der Waals surface area (Å²) in [4.78, 5) is 32.8. The number of aryl methyl sites for hydroxylation is 8. The number of allylic oxidation sites excluding steroid dienone is 8. The van der Waals surface area contributed by atoms with E-state index in [1.54, 1.807) is 0 Å². The third-order valence-corrected chi connectivity index (χ3v) is 21.8. The number of aromatic amines is 2. The highest BCUT2D eigenvalue weighted by molar-refractivity contribution is 6.31. The summed E-state index contributed by atoms with van der Waals surface area (Å²) in [5.41, 5.74) is 40.6. The van der Waals surface area contributed by atoms with Crippen molar-refractivity contribution >= 4 is 67.0 Å². The molecule has 2 N–H and O–H groups in total. The number of nitrogens with one attached hydrogen (secondary N) is 2. The predicted molar refractivity (Wildman–Crippen MR) is 425 cm³/mol. The molecule has 6 aliphatic rings. The molecule has 0 atom stereocenters. The Morgan fingerprint density at radius 3 is 0.779 bits per heavy atom. The van der Waals surface area contributed by atoms with Gasteiger partial charge in [-0.3, -0.25) is 8.80 Å². The maximum absolute atomic E-state index is 6.46. The van der Waals surface area contributed by atoms with Gasteiger partial charge in [0.1, 0.15) is 11.0 Å². The number of aliphatic imine (C=N–C) groups is 2. The molecule has 6 aliphatic heterocycles. The molecule has 14 aromatic rings. The van der Waals surface area contributed by atoms with Crippen LogP contribution < -0.4 is 32.4 Å². The maximum atomic E-state index is 6.46. The summed E-state index contributed by atoms with van der Waals surface area (Å²) in [6, 6.07) is 90.2. The van der Waals surface area contributed by atoms with Crippen molar-refractivity contribution in [2.24, 2.45) is 20.0 Å². The molecule has 104 heavy (non-hydrogen) atoms. The third-order valence-electron chi connectivity index (χ3n) is 21.8. The van der Waals surface area contributed by atoms with Crippen LogP contribution in [0.25, 0.3) is 77.9 Å². The zero-order valence-electron chi connectivity index (χ0n) is 59.1. The Hall–Kier alpha value is -13.0. The Morgan fingerprint density at radius 1 is 0.221 bits per heavy atom. The molecule has 0 aliphatic carbocycles. The van der Waals surface area contributed by atoms with Gasteiger partial charge >= 0.3 is 0 Å². The van der Waals surface area contributed by atoms with Crippen LogP contribution in [0.1, 0.15) is 100 Å². The molecule has 6 aromatic heterocycles. The molecule has 0 saturated heterocycles. The molecule has 8 heteroatoms. The molecule has 0 amide bonds. The summed E-state index contributed by atoms with van der Waals surface area (Å²) in [6.07, 6.45) is 8.83. The number of hydrogen-bond donors (Lipinski definition) is 2. The Morgan fingerprint density at radius 2 is 0.481 bits per heavy atom. The summed E-state index contributed by atoms with van der Waals surface area (Å²) in [7, 11) is 0. The van der Waals surface area contributed by atoms with E-state index in [1.165, 1.54) is 33.4 Å². The van der Waals surface area contributed by atoms with E-state index >= 15 is 0 Å². The Kier molecular flexibility index (Phi) is 13.6. The summed E-state index contributed by atoms with van der Waals surface area (Å²) in [5, 5.41) is 3.70. The van der Waals surface area contributed by atoms with Crippen molar-refractivity contribution in [3.8, 4) is 22.3 Å². The number of rotatable bonds is 9. The van der Waals surface area contributed by atoms with Gasteiger partial charge in [0.05, 0.1) is 56.6 Å². The van der Waals surface area contributed by atoms with Crippen LogP contribution in [0.3, 0.4) is 0 Å².